The first-order valence-corrected chi connectivity index (χ1v) is 8.36. The summed E-state index contributed by atoms with van der Waals surface area (Å²) < 4.78 is 5.59. The summed E-state index contributed by atoms with van der Waals surface area (Å²) in [7, 11) is 4.05. The van der Waals surface area contributed by atoms with Gasteiger partial charge in [-0.2, -0.15) is 11.3 Å². The Kier molecular flexibility index (Phi) is 6.02. The van der Waals surface area contributed by atoms with Gasteiger partial charge in [0.25, 0.3) is 0 Å². The second-order valence-corrected chi connectivity index (χ2v) is 6.51. The number of nitrogens with zero attached hydrogens (tertiary/aromatic N) is 1. The minimum Gasteiger partial charge on any atom is -0.376 e. The van der Waals surface area contributed by atoms with Crippen molar-refractivity contribution in [1.29, 1.82) is 0 Å². The van der Waals surface area contributed by atoms with E-state index in [4.69, 9.17) is 4.74 Å². The van der Waals surface area contributed by atoms with Crippen LogP contribution < -0.4 is 10.6 Å². The van der Waals surface area contributed by atoms with Crippen molar-refractivity contribution in [3.05, 3.63) is 22.4 Å². The molecule has 21 heavy (non-hydrogen) atoms. The zero-order valence-corrected chi connectivity index (χ0v) is 13.8. The number of urea groups is 1. The number of hydrogen-bond donors (Lipinski definition) is 2. The third-order valence-electron chi connectivity index (χ3n) is 3.89. The first-order valence-electron chi connectivity index (χ1n) is 7.42. The lowest BCUT2D eigenvalue weighted by molar-refractivity contribution is 0.0859. The fourth-order valence-electron chi connectivity index (χ4n) is 2.60. The van der Waals surface area contributed by atoms with E-state index in [-0.39, 0.29) is 24.2 Å². The van der Waals surface area contributed by atoms with E-state index in [2.05, 4.69) is 32.4 Å². The molecule has 1 aromatic rings. The average Bonchev–Trinajstić information content (AvgIpc) is 3.12. The maximum Gasteiger partial charge on any atom is 0.315 e. The van der Waals surface area contributed by atoms with Crippen molar-refractivity contribution >= 4 is 17.4 Å². The number of ether oxygens (including phenoxy) is 1. The number of carbonyl (C=O) groups excluding carboxylic acids is 1. The van der Waals surface area contributed by atoms with E-state index < -0.39 is 0 Å². The molecule has 0 bridgehead atoms. The van der Waals surface area contributed by atoms with E-state index in [1.165, 1.54) is 5.56 Å². The molecule has 2 amide bonds. The topological polar surface area (TPSA) is 53.6 Å². The summed E-state index contributed by atoms with van der Waals surface area (Å²) in [4.78, 5) is 14.1. The summed E-state index contributed by atoms with van der Waals surface area (Å²) in [5.74, 6) is 0. The number of rotatable bonds is 6. The van der Waals surface area contributed by atoms with Gasteiger partial charge < -0.3 is 20.3 Å². The Bertz CT molecular complexity index is 430. The van der Waals surface area contributed by atoms with Crippen LogP contribution in [-0.2, 0) is 4.74 Å². The second kappa shape index (κ2) is 7.77. The molecule has 1 fully saturated rings. The molecule has 2 heterocycles. The Hall–Kier alpha value is -1.11. The van der Waals surface area contributed by atoms with E-state index in [1.54, 1.807) is 11.3 Å². The Labute approximate surface area is 130 Å². The van der Waals surface area contributed by atoms with Gasteiger partial charge in [0.1, 0.15) is 0 Å². The van der Waals surface area contributed by atoms with Gasteiger partial charge in [0.05, 0.1) is 18.2 Å². The van der Waals surface area contributed by atoms with Crippen molar-refractivity contribution < 1.29 is 9.53 Å². The van der Waals surface area contributed by atoms with Gasteiger partial charge >= 0.3 is 6.03 Å². The molecule has 1 aliphatic heterocycles. The van der Waals surface area contributed by atoms with Gasteiger partial charge in [-0.15, -0.1) is 0 Å². The standard InChI is InChI=1S/C15H25N3O2S/c1-11(14-5-4-7-20-14)17-15(19)16-9-13(18(2)3)12-6-8-21-10-12/h6,8,10-11,13-14H,4-5,7,9H2,1-3H3,(H2,16,17,19)/t11-,13-,14+/m0/s1. The third kappa shape index (κ3) is 4.69. The number of hydrogen-bond acceptors (Lipinski definition) is 4. The molecule has 1 aromatic heterocycles. The molecule has 0 unspecified atom stereocenters. The highest BCUT2D eigenvalue weighted by Gasteiger charge is 2.24. The van der Waals surface area contributed by atoms with Crippen LogP contribution in [0.3, 0.4) is 0 Å². The van der Waals surface area contributed by atoms with E-state index in [9.17, 15) is 4.79 Å². The monoisotopic (exact) mass is 311 g/mol. The maximum atomic E-state index is 12.0. The van der Waals surface area contributed by atoms with Gasteiger partial charge in [-0.25, -0.2) is 4.79 Å². The summed E-state index contributed by atoms with van der Waals surface area (Å²) in [6.07, 6.45) is 2.26. The van der Waals surface area contributed by atoms with Gasteiger partial charge in [-0.3, -0.25) is 0 Å². The quantitative estimate of drug-likeness (QED) is 0.847. The highest BCUT2D eigenvalue weighted by molar-refractivity contribution is 7.07. The fourth-order valence-corrected chi connectivity index (χ4v) is 3.31. The molecule has 2 N–H and O–H groups in total. The van der Waals surface area contributed by atoms with Crippen LogP contribution >= 0.6 is 11.3 Å². The Morgan fingerprint density at radius 2 is 2.38 bits per heavy atom. The minimum absolute atomic E-state index is 0.0476. The van der Waals surface area contributed by atoms with Gasteiger partial charge in [0.2, 0.25) is 0 Å². The van der Waals surface area contributed by atoms with E-state index in [0.29, 0.717) is 6.54 Å². The minimum atomic E-state index is -0.125. The molecular weight excluding hydrogens is 286 g/mol. The molecule has 1 saturated heterocycles. The van der Waals surface area contributed by atoms with Crippen LogP contribution in [-0.4, -0.2) is 50.3 Å². The molecule has 2 rings (SSSR count). The third-order valence-corrected chi connectivity index (χ3v) is 4.59. The van der Waals surface area contributed by atoms with Crippen LogP contribution in [0.5, 0.6) is 0 Å². The lowest BCUT2D eigenvalue weighted by atomic mass is 10.1. The van der Waals surface area contributed by atoms with E-state index in [0.717, 1.165) is 19.4 Å². The Balaban J connectivity index is 1.79. The SMILES string of the molecule is C[C@H](NC(=O)NC[C@@H](c1ccsc1)N(C)C)[C@H]1CCCO1. The van der Waals surface area contributed by atoms with Crippen molar-refractivity contribution in [2.45, 2.75) is 38.0 Å². The van der Waals surface area contributed by atoms with Gasteiger partial charge in [-0.05, 0) is 56.3 Å². The number of thiophene rings is 1. The molecule has 0 saturated carbocycles. The smallest absolute Gasteiger partial charge is 0.315 e. The molecule has 5 nitrogen and oxygen atoms in total. The largest absolute Gasteiger partial charge is 0.376 e. The van der Waals surface area contributed by atoms with E-state index in [1.807, 2.05) is 21.0 Å². The van der Waals surface area contributed by atoms with Gasteiger partial charge in [0.15, 0.2) is 0 Å². The first kappa shape index (κ1) is 16.3. The number of amides is 2. The lowest BCUT2D eigenvalue weighted by Gasteiger charge is -2.25. The van der Waals surface area contributed by atoms with Crippen LogP contribution in [0.1, 0.15) is 31.4 Å². The van der Waals surface area contributed by atoms with Crippen LogP contribution in [0.25, 0.3) is 0 Å². The zero-order valence-electron chi connectivity index (χ0n) is 13.0. The van der Waals surface area contributed by atoms with Gasteiger partial charge in [-0.1, -0.05) is 0 Å². The molecule has 118 valence electrons. The maximum absolute atomic E-state index is 12.0. The second-order valence-electron chi connectivity index (χ2n) is 5.73. The molecule has 0 radical (unpaired) electrons. The summed E-state index contributed by atoms with van der Waals surface area (Å²) in [6, 6.07) is 2.22. The molecule has 0 aliphatic carbocycles. The fraction of sp³-hybridized carbons (Fsp3) is 0.667. The number of likely N-dealkylation sites (N-methyl/N-ethyl adjacent to an activating group) is 1. The zero-order chi connectivity index (χ0) is 15.2. The van der Waals surface area contributed by atoms with Crippen LogP contribution in [0.2, 0.25) is 0 Å². The highest BCUT2D eigenvalue weighted by atomic mass is 32.1. The summed E-state index contributed by atoms with van der Waals surface area (Å²) in [6.45, 7) is 3.39. The Morgan fingerprint density at radius 3 is 2.95 bits per heavy atom. The average molecular weight is 311 g/mol. The van der Waals surface area contributed by atoms with Crippen LogP contribution in [0, 0.1) is 0 Å². The predicted octanol–water partition coefficient (Wildman–Crippen LogP) is 2.22. The normalized spacial score (nSPS) is 21.2. The van der Waals surface area contributed by atoms with Crippen molar-refractivity contribution in [2.24, 2.45) is 0 Å². The lowest BCUT2D eigenvalue weighted by Crippen LogP contribution is -2.47. The van der Waals surface area contributed by atoms with Crippen molar-refractivity contribution in [3.8, 4) is 0 Å². The molecular formula is C15H25N3O2S. The van der Waals surface area contributed by atoms with Crippen molar-refractivity contribution in [1.82, 2.24) is 15.5 Å². The van der Waals surface area contributed by atoms with E-state index >= 15 is 0 Å². The Morgan fingerprint density at radius 1 is 1.57 bits per heavy atom. The molecule has 0 spiro atoms. The predicted molar refractivity (Wildman–Crippen MR) is 85.7 cm³/mol. The molecule has 0 aromatic carbocycles. The van der Waals surface area contributed by atoms with Crippen molar-refractivity contribution in [3.63, 3.8) is 0 Å². The van der Waals surface area contributed by atoms with Crippen molar-refractivity contribution in [2.75, 3.05) is 27.2 Å². The summed E-state index contributed by atoms with van der Waals surface area (Å²) in [5.41, 5.74) is 1.23. The molecule has 1 aliphatic rings. The highest BCUT2D eigenvalue weighted by Crippen LogP contribution is 2.20. The first-order chi connectivity index (χ1) is 10.1. The molecule has 3 atom stereocenters. The van der Waals surface area contributed by atoms with Crippen LogP contribution in [0.15, 0.2) is 16.8 Å². The number of carbonyl (C=O) groups is 1. The summed E-state index contributed by atoms with van der Waals surface area (Å²) in [5, 5.41) is 10.1. The van der Waals surface area contributed by atoms with Gasteiger partial charge in [0, 0.05) is 13.2 Å². The summed E-state index contributed by atoms with van der Waals surface area (Å²) >= 11 is 1.68. The molecule has 6 heteroatoms. The number of nitrogens with one attached hydrogen (secondary N) is 2. The van der Waals surface area contributed by atoms with Crippen LogP contribution in [0.4, 0.5) is 4.79 Å².